The largest absolute Gasteiger partial charge is 0.485 e. The van der Waals surface area contributed by atoms with Gasteiger partial charge in [-0.1, -0.05) is 35.9 Å². The lowest BCUT2D eigenvalue weighted by atomic mass is 10.1. The third-order valence-corrected chi connectivity index (χ3v) is 3.46. The highest BCUT2D eigenvalue weighted by molar-refractivity contribution is 6.31. The highest BCUT2D eigenvalue weighted by Gasteiger charge is 2.19. The molecular weight excluding hydrogens is 344 g/mol. The summed E-state index contributed by atoms with van der Waals surface area (Å²) in [6.07, 6.45) is 1.17. The Balaban J connectivity index is 2.18. The average molecular weight is 373 g/mol. The standard InChI is InChI=1S/C18H23ClN2O4/c1-18(2,3)21-17(23)16(19)15(10-20-21)25-12-14-6-4-13(5-7-14)11-24-9-8-22/h4-7,10,22H,8-9,11-12H2,1-3H3/i8D2,9D2,12D2. The topological polar surface area (TPSA) is 73.6 Å². The van der Waals surface area contributed by atoms with Crippen molar-refractivity contribution in [1.29, 1.82) is 0 Å². The predicted octanol–water partition coefficient (Wildman–Crippen LogP) is 2.74. The first-order valence-corrected chi connectivity index (χ1v) is 7.76. The minimum Gasteiger partial charge on any atom is -0.485 e. The van der Waals surface area contributed by atoms with E-state index in [4.69, 9.17) is 34.4 Å². The SMILES string of the molecule is [2H]C([2H])(Oc1cnn(C(C)(C)C)c(=O)c1Cl)c1ccc(COC([2H])([2H])C([2H])([2H])O)cc1. The van der Waals surface area contributed by atoms with Crippen LogP contribution in [0.4, 0.5) is 0 Å². The van der Waals surface area contributed by atoms with Gasteiger partial charge in [0.25, 0.3) is 5.56 Å². The van der Waals surface area contributed by atoms with Gasteiger partial charge in [0, 0.05) is 0 Å². The molecule has 2 rings (SSSR count). The van der Waals surface area contributed by atoms with Gasteiger partial charge in [-0.15, -0.1) is 0 Å². The molecule has 0 fully saturated rings. The molecule has 1 aromatic carbocycles. The summed E-state index contributed by atoms with van der Waals surface area (Å²) < 4.78 is 56.4. The predicted molar refractivity (Wildman–Crippen MR) is 96.0 cm³/mol. The number of aromatic nitrogens is 2. The maximum Gasteiger partial charge on any atom is 0.289 e. The van der Waals surface area contributed by atoms with Crippen molar-refractivity contribution in [2.24, 2.45) is 0 Å². The van der Waals surface area contributed by atoms with Crippen LogP contribution >= 0.6 is 11.6 Å². The first-order chi connectivity index (χ1) is 14.0. The fourth-order valence-electron chi connectivity index (χ4n) is 1.90. The van der Waals surface area contributed by atoms with Gasteiger partial charge in [-0.2, -0.15) is 5.10 Å². The summed E-state index contributed by atoms with van der Waals surface area (Å²) in [5.74, 6) is -0.219. The van der Waals surface area contributed by atoms with Crippen LogP contribution in [-0.2, 0) is 23.4 Å². The van der Waals surface area contributed by atoms with E-state index in [0.29, 0.717) is 5.56 Å². The van der Waals surface area contributed by atoms with Crippen molar-refractivity contribution >= 4 is 11.6 Å². The molecule has 0 saturated heterocycles. The van der Waals surface area contributed by atoms with E-state index in [0.717, 1.165) is 0 Å². The highest BCUT2D eigenvalue weighted by atomic mass is 35.5. The zero-order valence-corrected chi connectivity index (χ0v) is 14.8. The maximum atomic E-state index is 12.4. The summed E-state index contributed by atoms with van der Waals surface area (Å²) in [5, 5.41) is 12.8. The van der Waals surface area contributed by atoms with Gasteiger partial charge in [-0.3, -0.25) is 4.79 Å². The molecule has 7 heteroatoms. The molecule has 0 radical (unpaired) electrons. The summed E-state index contributed by atoms with van der Waals surface area (Å²) in [4.78, 5) is 12.4. The van der Waals surface area contributed by atoms with Gasteiger partial charge in [0.1, 0.15) is 6.56 Å². The lowest BCUT2D eigenvalue weighted by Gasteiger charge is -2.21. The number of hydrogen-bond acceptors (Lipinski definition) is 5. The molecule has 1 heterocycles. The molecule has 0 unspecified atom stereocenters. The van der Waals surface area contributed by atoms with Gasteiger partial charge >= 0.3 is 0 Å². The minimum absolute atomic E-state index is 0.0767. The first-order valence-electron chi connectivity index (χ1n) is 10.4. The Kier molecular flexibility index (Phi) is 4.22. The molecule has 6 nitrogen and oxygen atoms in total. The van der Waals surface area contributed by atoms with Crippen LogP contribution in [0.25, 0.3) is 0 Å². The Morgan fingerprint density at radius 3 is 2.52 bits per heavy atom. The molecule has 0 bridgehead atoms. The van der Waals surface area contributed by atoms with Crippen molar-refractivity contribution in [2.45, 2.75) is 39.5 Å². The van der Waals surface area contributed by atoms with E-state index in [1.807, 2.05) is 0 Å². The second-order valence-electron chi connectivity index (χ2n) is 6.11. The van der Waals surface area contributed by atoms with Crippen LogP contribution < -0.4 is 10.3 Å². The second kappa shape index (κ2) is 8.47. The third kappa shape index (κ3) is 5.29. The fraction of sp³-hybridized carbons (Fsp3) is 0.444. The lowest BCUT2D eigenvalue weighted by molar-refractivity contribution is 0.0815. The maximum absolute atomic E-state index is 12.4. The Morgan fingerprint density at radius 1 is 1.28 bits per heavy atom. The minimum atomic E-state index is -3.19. The molecule has 0 aliphatic carbocycles. The fourth-order valence-corrected chi connectivity index (χ4v) is 2.07. The van der Waals surface area contributed by atoms with Crippen LogP contribution in [0.15, 0.2) is 35.3 Å². The third-order valence-electron chi connectivity index (χ3n) is 3.11. The molecule has 0 amide bonds. The summed E-state index contributed by atoms with van der Waals surface area (Å²) >= 11 is 6.08. The molecule has 1 N–H and O–H groups in total. The van der Waals surface area contributed by atoms with Gasteiger partial charge < -0.3 is 14.6 Å². The quantitative estimate of drug-likeness (QED) is 0.808. The van der Waals surface area contributed by atoms with E-state index in [9.17, 15) is 4.79 Å². The highest BCUT2D eigenvalue weighted by Crippen LogP contribution is 2.21. The smallest absolute Gasteiger partial charge is 0.289 e. The van der Waals surface area contributed by atoms with Crippen LogP contribution in [0.1, 0.15) is 40.1 Å². The normalized spacial score (nSPS) is 16.8. The van der Waals surface area contributed by atoms with Crippen molar-refractivity contribution < 1.29 is 22.8 Å². The number of nitrogens with zero attached hydrogens (tertiary/aromatic N) is 2. The number of ether oxygens (including phenoxy) is 2. The van der Waals surface area contributed by atoms with E-state index < -0.39 is 30.8 Å². The number of hydrogen-bond donors (Lipinski definition) is 1. The molecule has 0 atom stereocenters. The van der Waals surface area contributed by atoms with E-state index in [1.54, 1.807) is 20.8 Å². The first kappa shape index (κ1) is 12.5. The van der Waals surface area contributed by atoms with Gasteiger partial charge in [0.2, 0.25) is 0 Å². The summed E-state index contributed by atoms with van der Waals surface area (Å²) in [6.45, 7) is -3.55. The van der Waals surface area contributed by atoms with Crippen molar-refractivity contribution in [3.05, 3.63) is 57.0 Å². The Morgan fingerprint density at radius 2 is 1.92 bits per heavy atom. The van der Waals surface area contributed by atoms with E-state index in [1.165, 1.54) is 35.1 Å². The summed E-state index contributed by atoms with van der Waals surface area (Å²) in [6, 6.07) is 5.58. The molecular formula is C18H23ClN2O4. The second-order valence-corrected chi connectivity index (χ2v) is 6.49. The molecule has 0 aliphatic rings. The molecule has 0 saturated carbocycles. The lowest BCUT2D eigenvalue weighted by Crippen LogP contribution is -2.36. The zero-order chi connectivity index (χ0) is 23.8. The van der Waals surface area contributed by atoms with Gasteiger partial charge in [-0.05, 0) is 31.9 Å². The van der Waals surface area contributed by atoms with E-state index >= 15 is 0 Å². The molecule has 1 aromatic heterocycles. The summed E-state index contributed by atoms with van der Waals surface area (Å²) in [5.41, 5.74) is -0.762. The molecule has 2 aromatic rings. The molecule has 0 aliphatic heterocycles. The van der Waals surface area contributed by atoms with Crippen molar-refractivity contribution in [2.75, 3.05) is 13.1 Å². The number of rotatable bonds is 7. The van der Waals surface area contributed by atoms with Crippen LogP contribution in [0.3, 0.4) is 0 Å². The number of aliphatic hydroxyl groups is 1. The van der Waals surface area contributed by atoms with Crippen molar-refractivity contribution in [3.8, 4) is 5.75 Å². The van der Waals surface area contributed by atoms with Gasteiger partial charge in [-0.25, -0.2) is 4.68 Å². The van der Waals surface area contributed by atoms with Crippen molar-refractivity contribution in [3.63, 3.8) is 0 Å². The van der Waals surface area contributed by atoms with E-state index in [2.05, 4.69) is 5.10 Å². The van der Waals surface area contributed by atoms with Gasteiger partial charge in [0.15, 0.2) is 10.8 Å². The summed E-state index contributed by atoms with van der Waals surface area (Å²) in [7, 11) is 0. The van der Waals surface area contributed by atoms with E-state index in [-0.39, 0.29) is 22.9 Å². The Hall–Kier alpha value is -1.89. The van der Waals surface area contributed by atoms with Gasteiger partial charge in [0.05, 0.1) is 39.7 Å². The number of benzene rings is 1. The Labute approximate surface area is 160 Å². The zero-order valence-electron chi connectivity index (χ0n) is 20.0. The van der Waals surface area contributed by atoms with Crippen LogP contribution in [0.2, 0.25) is 5.02 Å². The molecule has 25 heavy (non-hydrogen) atoms. The number of halogens is 1. The molecule has 136 valence electrons. The monoisotopic (exact) mass is 372 g/mol. The average Bonchev–Trinajstić information content (AvgIpc) is 2.62. The van der Waals surface area contributed by atoms with Crippen LogP contribution in [0.5, 0.6) is 5.75 Å². The molecule has 0 spiro atoms. The van der Waals surface area contributed by atoms with Crippen LogP contribution in [-0.4, -0.2) is 28.0 Å². The van der Waals surface area contributed by atoms with Crippen molar-refractivity contribution in [1.82, 2.24) is 9.78 Å². The Bertz CT molecular complexity index is 985. The van der Waals surface area contributed by atoms with Crippen LogP contribution in [0, 0.1) is 0 Å².